The molecule has 1 heterocycles. The lowest BCUT2D eigenvalue weighted by Crippen LogP contribution is -1.93. The van der Waals surface area contributed by atoms with Crippen molar-refractivity contribution < 1.29 is 0 Å². The molecule has 4 heteroatoms. The summed E-state index contributed by atoms with van der Waals surface area (Å²) in [6.07, 6.45) is 1.94. The second-order valence-electron chi connectivity index (χ2n) is 2.12. The van der Waals surface area contributed by atoms with Crippen molar-refractivity contribution in [1.29, 1.82) is 0 Å². The summed E-state index contributed by atoms with van der Waals surface area (Å²) in [7, 11) is 0. The fourth-order valence-electron chi connectivity index (χ4n) is 0.650. The molecule has 0 aliphatic rings. The molecule has 0 N–H and O–H groups in total. The SMILES string of the molecule is CCn1cc(C(C)Br)nn1. The molecule has 10 heavy (non-hydrogen) atoms. The van der Waals surface area contributed by atoms with Crippen LogP contribution in [0.5, 0.6) is 0 Å². The number of aromatic nitrogens is 3. The van der Waals surface area contributed by atoms with Crippen molar-refractivity contribution >= 4 is 15.9 Å². The molecule has 56 valence electrons. The van der Waals surface area contributed by atoms with E-state index in [1.54, 1.807) is 0 Å². The van der Waals surface area contributed by atoms with Gasteiger partial charge in [-0.3, -0.25) is 4.68 Å². The van der Waals surface area contributed by atoms with E-state index >= 15 is 0 Å². The van der Waals surface area contributed by atoms with Gasteiger partial charge in [0.05, 0.1) is 10.5 Å². The summed E-state index contributed by atoms with van der Waals surface area (Å²) in [6, 6.07) is 0. The number of hydrogen-bond donors (Lipinski definition) is 0. The number of rotatable bonds is 2. The summed E-state index contributed by atoms with van der Waals surface area (Å²) in [6.45, 7) is 4.95. The van der Waals surface area contributed by atoms with Crippen LogP contribution in [0.25, 0.3) is 0 Å². The van der Waals surface area contributed by atoms with Gasteiger partial charge in [0.1, 0.15) is 0 Å². The second-order valence-corrected chi connectivity index (χ2v) is 3.49. The number of halogens is 1. The largest absolute Gasteiger partial charge is 0.253 e. The zero-order valence-corrected chi connectivity index (χ0v) is 7.67. The molecule has 0 aliphatic carbocycles. The van der Waals surface area contributed by atoms with Gasteiger partial charge in [0, 0.05) is 12.7 Å². The summed E-state index contributed by atoms with van der Waals surface area (Å²) in [5, 5.41) is 7.85. The van der Waals surface area contributed by atoms with Gasteiger partial charge in [-0.05, 0) is 13.8 Å². The highest BCUT2D eigenvalue weighted by Gasteiger charge is 2.03. The van der Waals surface area contributed by atoms with E-state index in [-0.39, 0.29) is 0 Å². The van der Waals surface area contributed by atoms with E-state index in [1.165, 1.54) is 0 Å². The van der Waals surface area contributed by atoms with Gasteiger partial charge in [0.25, 0.3) is 0 Å². The molecule has 1 aromatic rings. The van der Waals surface area contributed by atoms with Gasteiger partial charge < -0.3 is 0 Å². The Morgan fingerprint density at radius 3 is 2.80 bits per heavy atom. The molecule has 0 radical (unpaired) electrons. The molecule has 0 aliphatic heterocycles. The normalized spacial score (nSPS) is 13.5. The molecule has 3 nitrogen and oxygen atoms in total. The zero-order valence-electron chi connectivity index (χ0n) is 6.08. The predicted octanol–water partition coefficient (Wildman–Crippen LogP) is 1.75. The average molecular weight is 204 g/mol. The standard InChI is InChI=1S/C6H10BrN3/c1-3-10-4-6(5(2)7)8-9-10/h4-5H,3H2,1-2H3. The smallest absolute Gasteiger partial charge is 0.0960 e. The molecule has 0 bridgehead atoms. The van der Waals surface area contributed by atoms with Crippen LogP contribution in [0.1, 0.15) is 24.4 Å². The monoisotopic (exact) mass is 203 g/mol. The Labute approximate surface area is 68.6 Å². The Bertz CT molecular complexity index is 207. The van der Waals surface area contributed by atoms with Gasteiger partial charge in [-0.1, -0.05) is 21.1 Å². The third kappa shape index (κ3) is 1.56. The fraction of sp³-hybridized carbons (Fsp3) is 0.667. The molecule has 1 aromatic heterocycles. The lowest BCUT2D eigenvalue weighted by atomic mass is 10.4. The highest BCUT2D eigenvalue weighted by molar-refractivity contribution is 9.09. The lowest BCUT2D eigenvalue weighted by molar-refractivity contribution is 0.626. The Morgan fingerprint density at radius 2 is 2.50 bits per heavy atom. The van der Waals surface area contributed by atoms with Crippen LogP contribution < -0.4 is 0 Å². The van der Waals surface area contributed by atoms with Crippen LogP contribution in [-0.2, 0) is 6.54 Å². The third-order valence-electron chi connectivity index (χ3n) is 1.29. The number of hydrogen-bond acceptors (Lipinski definition) is 2. The molecule has 1 atom stereocenters. The molecule has 0 fully saturated rings. The van der Waals surface area contributed by atoms with Crippen molar-refractivity contribution in [2.24, 2.45) is 0 Å². The first kappa shape index (κ1) is 7.72. The van der Waals surface area contributed by atoms with Crippen LogP contribution in [0.15, 0.2) is 6.20 Å². The maximum absolute atomic E-state index is 3.95. The van der Waals surface area contributed by atoms with E-state index in [1.807, 2.05) is 24.7 Å². The molecule has 0 spiro atoms. The topological polar surface area (TPSA) is 30.7 Å². The Morgan fingerprint density at radius 1 is 1.80 bits per heavy atom. The third-order valence-corrected chi connectivity index (χ3v) is 1.76. The van der Waals surface area contributed by atoms with Crippen molar-refractivity contribution in [1.82, 2.24) is 15.0 Å². The van der Waals surface area contributed by atoms with Gasteiger partial charge in [-0.2, -0.15) is 0 Å². The van der Waals surface area contributed by atoms with Crippen molar-refractivity contribution in [2.75, 3.05) is 0 Å². The highest BCUT2D eigenvalue weighted by Crippen LogP contribution is 2.17. The lowest BCUT2D eigenvalue weighted by Gasteiger charge is -1.92. The molecule has 0 aromatic carbocycles. The summed E-state index contributed by atoms with van der Waals surface area (Å²) in [4.78, 5) is 0.299. The highest BCUT2D eigenvalue weighted by atomic mass is 79.9. The van der Waals surface area contributed by atoms with E-state index in [0.29, 0.717) is 4.83 Å². The van der Waals surface area contributed by atoms with Gasteiger partial charge in [0.2, 0.25) is 0 Å². The molecular formula is C6H10BrN3. The van der Waals surface area contributed by atoms with E-state index in [9.17, 15) is 0 Å². The Kier molecular flexibility index (Phi) is 2.43. The van der Waals surface area contributed by atoms with Crippen LogP contribution in [0.2, 0.25) is 0 Å². The molecule has 0 saturated carbocycles. The van der Waals surface area contributed by atoms with Gasteiger partial charge in [-0.25, -0.2) is 0 Å². The molecular weight excluding hydrogens is 194 g/mol. The minimum Gasteiger partial charge on any atom is -0.253 e. The van der Waals surface area contributed by atoms with Crippen molar-refractivity contribution in [3.05, 3.63) is 11.9 Å². The predicted molar refractivity (Wildman–Crippen MR) is 43.0 cm³/mol. The first-order chi connectivity index (χ1) is 4.74. The Balaban J connectivity index is 2.78. The van der Waals surface area contributed by atoms with E-state index in [0.717, 1.165) is 12.2 Å². The minimum absolute atomic E-state index is 0.299. The van der Waals surface area contributed by atoms with Crippen LogP contribution >= 0.6 is 15.9 Å². The number of aryl methyl sites for hydroxylation is 1. The van der Waals surface area contributed by atoms with Gasteiger partial charge in [-0.15, -0.1) is 5.10 Å². The van der Waals surface area contributed by atoms with E-state index in [2.05, 4.69) is 26.2 Å². The molecule has 1 unspecified atom stereocenters. The van der Waals surface area contributed by atoms with Crippen molar-refractivity contribution in [3.8, 4) is 0 Å². The first-order valence-electron chi connectivity index (χ1n) is 3.28. The first-order valence-corrected chi connectivity index (χ1v) is 4.19. The van der Waals surface area contributed by atoms with Crippen LogP contribution in [-0.4, -0.2) is 15.0 Å². The van der Waals surface area contributed by atoms with E-state index < -0.39 is 0 Å². The maximum Gasteiger partial charge on any atom is 0.0960 e. The minimum atomic E-state index is 0.299. The zero-order chi connectivity index (χ0) is 7.56. The quantitative estimate of drug-likeness (QED) is 0.687. The summed E-state index contributed by atoms with van der Waals surface area (Å²) in [5.41, 5.74) is 0.988. The average Bonchev–Trinajstić information content (AvgIpc) is 2.34. The fourth-order valence-corrected chi connectivity index (χ4v) is 0.860. The summed E-state index contributed by atoms with van der Waals surface area (Å²) in [5.74, 6) is 0. The van der Waals surface area contributed by atoms with Crippen LogP contribution in [0.4, 0.5) is 0 Å². The maximum atomic E-state index is 3.95. The van der Waals surface area contributed by atoms with Gasteiger partial charge in [0.15, 0.2) is 0 Å². The summed E-state index contributed by atoms with van der Waals surface area (Å²) >= 11 is 3.41. The number of nitrogens with zero attached hydrogens (tertiary/aromatic N) is 3. The molecule has 0 saturated heterocycles. The summed E-state index contributed by atoms with van der Waals surface area (Å²) < 4.78 is 1.81. The molecule has 0 amide bonds. The second kappa shape index (κ2) is 3.14. The van der Waals surface area contributed by atoms with E-state index in [4.69, 9.17) is 0 Å². The molecule has 1 rings (SSSR count). The van der Waals surface area contributed by atoms with Crippen molar-refractivity contribution in [3.63, 3.8) is 0 Å². The van der Waals surface area contributed by atoms with Crippen molar-refractivity contribution in [2.45, 2.75) is 25.2 Å². The number of alkyl halides is 1. The van der Waals surface area contributed by atoms with Gasteiger partial charge >= 0.3 is 0 Å². The van der Waals surface area contributed by atoms with Crippen LogP contribution in [0, 0.1) is 0 Å². The van der Waals surface area contributed by atoms with Crippen LogP contribution in [0.3, 0.4) is 0 Å². The Hall–Kier alpha value is -0.380.